The van der Waals surface area contributed by atoms with Gasteiger partial charge in [0.25, 0.3) is 0 Å². The van der Waals surface area contributed by atoms with Crippen molar-refractivity contribution in [1.82, 2.24) is 0 Å². The summed E-state index contributed by atoms with van der Waals surface area (Å²) in [4.78, 5) is 0. The van der Waals surface area contributed by atoms with Crippen LogP contribution in [0.15, 0.2) is 0 Å². The molecule has 0 unspecified atom stereocenters. The first-order valence-electron chi connectivity index (χ1n) is 3.06. The summed E-state index contributed by atoms with van der Waals surface area (Å²) in [6.45, 7) is 3.33. The Kier molecular flexibility index (Phi) is 5.52. The highest BCUT2D eigenvalue weighted by atomic mass is 19.4. The van der Waals surface area contributed by atoms with Crippen molar-refractivity contribution >= 4 is 0 Å². The lowest BCUT2D eigenvalue weighted by atomic mass is 10.1. The number of alkyl halides is 3. The summed E-state index contributed by atoms with van der Waals surface area (Å²) in [5.41, 5.74) is -2.56. The highest BCUT2D eigenvalue weighted by molar-refractivity contribution is 4.74. The Hall–Kier alpha value is -0.290. The predicted octanol–water partition coefficient (Wildman–Crippen LogP) is 1.32. The standard InChI is InChI=1S/C4H7F3O.C2H6O/c1-3(2,8)4(5,6)7;1-2-3/h8H,1-2H3;3H,2H2,1H3. The maximum absolute atomic E-state index is 11.3. The molecule has 70 valence electrons. The van der Waals surface area contributed by atoms with Crippen LogP contribution in [-0.2, 0) is 0 Å². The molecule has 0 amide bonds. The van der Waals surface area contributed by atoms with Gasteiger partial charge in [-0.1, -0.05) is 0 Å². The first kappa shape index (κ1) is 13.3. The monoisotopic (exact) mass is 174 g/mol. The molecule has 2 N–H and O–H groups in total. The third-order valence-electron chi connectivity index (χ3n) is 0.694. The number of rotatable bonds is 0. The summed E-state index contributed by atoms with van der Waals surface area (Å²) in [5, 5.41) is 15.8. The second-order valence-corrected chi connectivity index (χ2v) is 2.37. The van der Waals surface area contributed by atoms with Gasteiger partial charge in [-0.25, -0.2) is 0 Å². The van der Waals surface area contributed by atoms with Crippen molar-refractivity contribution in [2.45, 2.75) is 32.5 Å². The molecule has 0 aliphatic heterocycles. The quantitative estimate of drug-likeness (QED) is 0.581. The van der Waals surface area contributed by atoms with Crippen LogP contribution in [0, 0.1) is 0 Å². The zero-order chi connectivity index (χ0) is 9.71. The van der Waals surface area contributed by atoms with Crippen LogP contribution < -0.4 is 0 Å². The minimum atomic E-state index is -4.51. The number of hydrogen-bond donors (Lipinski definition) is 2. The Morgan fingerprint density at radius 3 is 1.27 bits per heavy atom. The fourth-order valence-electron chi connectivity index (χ4n) is 0. The van der Waals surface area contributed by atoms with Gasteiger partial charge < -0.3 is 10.2 Å². The van der Waals surface area contributed by atoms with Gasteiger partial charge in [0, 0.05) is 6.61 Å². The van der Waals surface area contributed by atoms with Crippen molar-refractivity contribution in [3.63, 3.8) is 0 Å². The van der Waals surface area contributed by atoms with E-state index in [1.54, 1.807) is 6.92 Å². The van der Waals surface area contributed by atoms with Crippen LogP contribution in [0.2, 0.25) is 0 Å². The molecular formula is C6H13F3O2. The fourth-order valence-corrected chi connectivity index (χ4v) is 0. The van der Waals surface area contributed by atoms with Crippen LogP contribution in [0.4, 0.5) is 13.2 Å². The Balaban J connectivity index is 0. The average molecular weight is 174 g/mol. The lowest BCUT2D eigenvalue weighted by Gasteiger charge is -2.20. The van der Waals surface area contributed by atoms with Gasteiger partial charge in [0.05, 0.1) is 0 Å². The normalized spacial score (nSPS) is 12.0. The Morgan fingerprint density at radius 1 is 1.18 bits per heavy atom. The molecular weight excluding hydrogens is 161 g/mol. The molecule has 11 heavy (non-hydrogen) atoms. The van der Waals surface area contributed by atoms with Crippen molar-refractivity contribution in [2.75, 3.05) is 6.61 Å². The molecule has 0 aromatic carbocycles. The Morgan fingerprint density at radius 2 is 1.27 bits per heavy atom. The van der Waals surface area contributed by atoms with Crippen LogP contribution in [-0.4, -0.2) is 28.6 Å². The van der Waals surface area contributed by atoms with Crippen LogP contribution in [0.1, 0.15) is 20.8 Å². The van der Waals surface area contributed by atoms with E-state index in [0.29, 0.717) is 13.8 Å². The van der Waals surface area contributed by atoms with Crippen LogP contribution in [0.3, 0.4) is 0 Å². The molecule has 0 rings (SSSR count). The first-order chi connectivity index (χ1) is 4.66. The second kappa shape index (κ2) is 4.56. The summed E-state index contributed by atoms with van der Waals surface area (Å²) in [5.74, 6) is 0. The van der Waals surface area contributed by atoms with Crippen molar-refractivity contribution in [3.05, 3.63) is 0 Å². The minimum absolute atomic E-state index is 0.250. The van der Waals surface area contributed by atoms with Crippen molar-refractivity contribution in [1.29, 1.82) is 0 Å². The van der Waals surface area contributed by atoms with E-state index in [0.717, 1.165) is 0 Å². The average Bonchev–Trinajstić information content (AvgIpc) is 1.60. The lowest BCUT2D eigenvalue weighted by molar-refractivity contribution is -0.245. The van der Waals surface area contributed by atoms with Gasteiger partial charge >= 0.3 is 6.18 Å². The minimum Gasteiger partial charge on any atom is -0.397 e. The summed E-state index contributed by atoms with van der Waals surface area (Å²) < 4.78 is 33.9. The van der Waals surface area contributed by atoms with E-state index in [-0.39, 0.29) is 6.61 Å². The number of hydrogen-bond acceptors (Lipinski definition) is 2. The van der Waals surface area contributed by atoms with Crippen LogP contribution in [0.5, 0.6) is 0 Å². The van der Waals surface area contributed by atoms with E-state index in [4.69, 9.17) is 10.2 Å². The van der Waals surface area contributed by atoms with E-state index < -0.39 is 11.8 Å². The predicted molar refractivity (Wildman–Crippen MR) is 35.1 cm³/mol. The summed E-state index contributed by atoms with van der Waals surface area (Å²) >= 11 is 0. The SMILES string of the molecule is CC(C)(O)C(F)(F)F.CCO. The maximum atomic E-state index is 11.3. The van der Waals surface area contributed by atoms with E-state index in [2.05, 4.69) is 0 Å². The molecule has 0 fully saturated rings. The van der Waals surface area contributed by atoms with Gasteiger partial charge in [-0.05, 0) is 20.8 Å². The molecule has 0 aromatic heterocycles. The molecule has 0 aliphatic carbocycles. The number of halogens is 3. The largest absolute Gasteiger partial charge is 0.416 e. The topological polar surface area (TPSA) is 40.5 Å². The zero-order valence-electron chi connectivity index (χ0n) is 6.74. The van der Waals surface area contributed by atoms with Gasteiger partial charge in [-0.15, -0.1) is 0 Å². The van der Waals surface area contributed by atoms with Crippen LogP contribution in [0.25, 0.3) is 0 Å². The molecule has 0 spiro atoms. The molecule has 0 radical (unpaired) electrons. The smallest absolute Gasteiger partial charge is 0.397 e. The van der Waals surface area contributed by atoms with Gasteiger partial charge in [-0.3, -0.25) is 0 Å². The third-order valence-corrected chi connectivity index (χ3v) is 0.694. The fraction of sp³-hybridized carbons (Fsp3) is 1.00. The second-order valence-electron chi connectivity index (χ2n) is 2.37. The summed E-state index contributed by atoms with van der Waals surface area (Å²) in [6, 6.07) is 0. The number of aliphatic hydroxyl groups is 2. The molecule has 0 heterocycles. The molecule has 0 saturated carbocycles. The first-order valence-corrected chi connectivity index (χ1v) is 3.06. The van der Waals surface area contributed by atoms with Crippen molar-refractivity contribution in [3.8, 4) is 0 Å². The Labute approximate surface area is 63.7 Å². The highest BCUT2D eigenvalue weighted by Crippen LogP contribution is 2.28. The van der Waals surface area contributed by atoms with Crippen molar-refractivity contribution in [2.24, 2.45) is 0 Å². The molecule has 2 nitrogen and oxygen atoms in total. The van der Waals surface area contributed by atoms with E-state index in [9.17, 15) is 13.2 Å². The zero-order valence-corrected chi connectivity index (χ0v) is 6.74. The molecule has 0 atom stereocenters. The molecule has 0 saturated heterocycles. The van der Waals surface area contributed by atoms with Gasteiger partial charge in [0.1, 0.15) is 0 Å². The molecule has 0 aromatic rings. The van der Waals surface area contributed by atoms with Gasteiger partial charge in [-0.2, -0.15) is 13.2 Å². The van der Waals surface area contributed by atoms with Crippen molar-refractivity contribution < 1.29 is 23.4 Å². The van der Waals surface area contributed by atoms with E-state index in [1.165, 1.54) is 0 Å². The summed E-state index contributed by atoms with van der Waals surface area (Å²) in [7, 11) is 0. The van der Waals surface area contributed by atoms with Gasteiger partial charge in [0.2, 0.25) is 0 Å². The van der Waals surface area contributed by atoms with E-state index >= 15 is 0 Å². The Bertz CT molecular complexity index is 81.0. The highest BCUT2D eigenvalue weighted by Gasteiger charge is 2.45. The lowest BCUT2D eigenvalue weighted by Crippen LogP contribution is -2.38. The molecule has 5 heteroatoms. The molecule has 0 bridgehead atoms. The third kappa shape index (κ3) is 7.61. The van der Waals surface area contributed by atoms with Crippen LogP contribution >= 0.6 is 0 Å². The molecule has 0 aliphatic rings. The van der Waals surface area contributed by atoms with Gasteiger partial charge in [0.15, 0.2) is 5.60 Å². The summed E-state index contributed by atoms with van der Waals surface area (Å²) in [6.07, 6.45) is -4.51. The number of aliphatic hydroxyl groups excluding tert-OH is 1. The van der Waals surface area contributed by atoms with E-state index in [1.807, 2.05) is 0 Å². The maximum Gasteiger partial charge on any atom is 0.416 e.